The van der Waals surface area contributed by atoms with Crippen molar-refractivity contribution in [1.82, 2.24) is 9.78 Å². The second-order valence-electron chi connectivity index (χ2n) is 5.14. The topological polar surface area (TPSA) is 53.1 Å². The maximum absolute atomic E-state index is 5.80. The highest BCUT2D eigenvalue weighted by molar-refractivity contribution is 5.82. The van der Waals surface area contributed by atoms with Crippen LogP contribution in [0.3, 0.4) is 0 Å². The van der Waals surface area contributed by atoms with E-state index in [-0.39, 0.29) is 0 Å². The average molecular weight is 281 g/mol. The Morgan fingerprint density at radius 3 is 2.76 bits per heavy atom. The molecule has 4 nitrogen and oxygen atoms in total. The quantitative estimate of drug-likeness (QED) is 0.800. The van der Waals surface area contributed by atoms with Crippen LogP contribution in [-0.4, -0.2) is 16.9 Å². The first-order chi connectivity index (χ1) is 10.2. The van der Waals surface area contributed by atoms with Gasteiger partial charge >= 0.3 is 0 Å². The summed E-state index contributed by atoms with van der Waals surface area (Å²) in [6.45, 7) is 3.19. The lowest BCUT2D eigenvalue weighted by Gasteiger charge is -2.10. The number of rotatable bonds is 4. The normalized spacial score (nSPS) is 11.0. The molecular weight excluding hydrogens is 262 g/mol. The number of hydrogen-bond donors (Lipinski definition) is 1. The summed E-state index contributed by atoms with van der Waals surface area (Å²) < 4.78 is 7.45. The summed E-state index contributed by atoms with van der Waals surface area (Å²) in [5.41, 5.74) is 10.2. The molecule has 2 N–H and O–H groups in total. The number of para-hydroxylation sites is 1. The summed E-state index contributed by atoms with van der Waals surface area (Å²) in [7, 11) is 1.70. The monoisotopic (exact) mass is 281 g/mol. The molecule has 0 spiro atoms. The first-order valence-corrected chi connectivity index (χ1v) is 7.01. The van der Waals surface area contributed by atoms with Crippen molar-refractivity contribution in [2.24, 2.45) is 5.73 Å². The second-order valence-corrected chi connectivity index (χ2v) is 5.14. The summed E-state index contributed by atoms with van der Waals surface area (Å²) in [4.78, 5) is 0. The lowest BCUT2D eigenvalue weighted by Crippen LogP contribution is -2.05. The molecule has 0 aliphatic carbocycles. The standard InChI is InChI=1S/C17H19N3O/c1-12-7-8-17(21-2)13(9-12)11-20-16-6-4-3-5-14(16)15(10-18)19-20/h3-9H,10-11,18H2,1-2H3. The van der Waals surface area contributed by atoms with Crippen LogP contribution in [0.4, 0.5) is 0 Å². The van der Waals surface area contributed by atoms with Gasteiger partial charge in [-0.15, -0.1) is 0 Å². The molecule has 0 fully saturated rings. The van der Waals surface area contributed by atoms with E-state index in [9.17, 15) is 0 Å². The first-order valence-electron chi connectivity index (χ1n) is 7.01. The fourth-order valence-corrected chi connectivity index (χ4v) is 2.66. The third-order valence-corrected chi connectivity index (χ3v) is 3.68. The molecule has 2 aromatic carbocycles. The molecule has 108 valence electrons. The van der Waals surface area contributed by atoms with E-state index in [0.29, 0.717) is 13.1 Å². The van der Waals surface area contributed by atoms with Crippen LogP contribution in [0, 0.1) is 6.92 Å². The maximum atomic E-state index is 5.80. The van der Waals surface area contributed by atoms with Gasteiger partial charge in [0.05, 0.1) is 24.9 Å². The molecular formula is C17H19N3O. The van der Waals surface area contributed by atoms with Crippen molar-refractivity contribution in [3.63, 3.8) is 0 Å². The Hall–Kier alpha value is -2.33. The van der Waals surface area contributed by atoms with Crippen LogP contribution >= 0.6 is 0 Å². The van der Waals surface area contributed by atoms with Crippen molar-refractivity contribution in [3.8, 4) is 5.75 Å². The molecule has 0 unspecified atom stereocenters. The zero-order valence-corrected chi connectivity index (χ0v) is 12.3. The van der Waals surface area contributed by atoms with Crippen LogP contribution in [0.15, 0.2) is 42.5 Å². The molecule has 4 heteroatoms. The Morgan fingerprint density at radius 1 is 1.19 bits per heavy atom. The molecule has 1 heterocycles. The van der Waals surface area contributed by atoms with Gasteiger partial charge in [-0.3, -0.25) is 4.68 Å². The number of nitrogens with two attached hydrogens (primary N) is 1. The number of fused-ring (bicyclic) bond motifs is 1. The summed E-state index contributed by atoms with van der Waals surface area (Å²) in [5, 5.41) is 5.76. The van der Waals surface area contributed by atoms with Gasteiger partial charge in [0.15, 0.2) is 0 Å². The fourth-order valence-electron chi connectivity index (χ4n) is 2.66. The number of methoxy groups -OCH3 is 1. The highest BCUT2D eigenvalue weighted by Crippen LogP contribution is 2.24. The Balaban J connectivity index is 2.08. The molecule has 21 heavy (non-hydrogen) atoms. The average Bonchev–Trinajstić information content (AvgIpc) is 2.86. The minimum Gasteiger partial charge on any atom is -0.496 e. The Morgan fingerprint density at radius 2 is 2.00 bits per heavy atom. The number of benzene rings is 2. The van der Waals surface area contributed by atoms with Gasteiger partial charge in [-0.05, 0) is 19.1 Å². The summed E-state index contributed by atoms with van der Waals surface area (Å²) in [5.74, 6) is 0.884. The number of hydrogen-bond acceptors (Lipinski definition) is 3. The van der Waals surface area contributed by atoms with E-state index in [4.69, 9.17) is 10.5 Å². The molecule has 0 atom stereocenters. The van der Waals surface area contributed by atoms with Gasteiger partial charge in [0.1, 0.15) is 5.75 Å². The molecule has 0 amide bonds. The van der Waals surface area contributed by atoms with E-state index < -0.39 is 0 Å². The van der Waals surface area contributed by atoms with Gasteiger partial charge < -0.3 is 10.5 Å². The highest BCUT2D eigenvalue weighted by atomic mass is 16.5. The van der Waals surface area contributed by atoms with Crippen molar-refractivity contribution in [2.45, 2.75) is 20.0 Å². The molecule has 0 saturated heterocycles. The summed E-state index contributed by atoms with van der Waals surface area (Å²) in [6, 6.07) is 14.4. The predicted octanol–water partition coefficient (Wildman–Crippen LogP) is 2.86. The lowest BCUT2D eigenvalue weighted by atomic mass is 10.1. The predicted molar refractivity (Wildman–Crippen MR) is 84.5 cm³/mol. The van der Waals surface area contributed by atoms with Gasteiger partial charge in [0, 0.05) is 17.5 Å². The second kappa shape index (κ2) is 5.58. The van der Waals surface area contributed by atoms with E-state index in [2.05, 4.69) is 36.3 Å². The Labute approximate surface area is 124 Å². The molecule has 1 aromatic heterocycles. The van der Waals surface area contributed by atoms with E-state index >= 15 is 0 Å². The van der Waals surface area contributed by atoms with Crippen LogP contribution in [0.5, 0.6) is 5.75 Å². The molecule has 0 saturated carbocycles. The van der Waals surface area contributed by atoms with Crippen molar-refractivity contribution < 1.29 is 4.74 Å². The summed E-state index contributed by atoms with van der Waals surface area (Å²) >= 11 is 0. The number of nitrogens with zero attached hydrogens (tertiary/aromatic N) is 2. The minimum atomic E-state index is 0.443. The molecule has 0 bridgehead atoms. The minimum absolute atomic E-state index is 0.443. The van der Waals surface area contributed by atoms with Crippen LogP contribution < -0.4 is 10.5 Å². The van der Waals surface area contributed by atoms with E-state index in [1.165, 1.54) is 5.56 Å². The fraction of sp³-hybridized carbons (Fsp3) is 0.235. The molecule has 0 aliphatic heterocycles. The largest absolute Gasteiger partial charge is 0.496 e. The first kappa shape index (κ1) is 13.6. The lowest BCUT2D eigenvalue weighted by molar-refractivity contribution is 0.407. The third kappa shape index (κ3) is 2.50. The van der Waals surface area contributed by atoms with Crippen molar-refractivity contribution in [3.05, 3.63) is 59.3 Å². The smallest absolute Gasteiger partial charge is 0.123 e. The molecule has 3 rings (SSSR count). The van der Waals surface area contributed by atoms with Gasteiger partial charge in [0.25, 0.3) is 0 Å². The Kier molecular flexibility index (Phi) is 3.62. The SMILES string of the molecule is COc1ccc(C)cc1Cn1nc(CN)c2ccccc21. The number of ether oxygens (including phenoxy) is 1. The van der Waals surface area contributed by atoms with Crippen LogP contribution in [0.25, 0.3) is 10.9 Å². The molecule has 3 aromatic rings. The highest BCUT2D eigenvalue weighted by Gasteiger charge is 2.11. The molecule has 0 radical (unpaired) electrons. The van der Waals surface area contributed by atoms with Gasteiger partial charge in [-0.1, -0.05) is 35.9 Å². The van der Waals surface area contributed by atoms with Crippen molar-refractivity contribution >= 4 is 10.9 Å². The third-order valence-electron chi connectivity index (χ3n) is 3.68. The van der Waals surface area contributed by atoms with Gasteiger partial charge in [-0.25, -0.2) is 0 Å². The van der Waals surface area contributed by atoms with E-state index in [1.54, 1.807) is 7.11 Å². The molecule has 0 aliphatic rings. The maximum Gasteiger partial charge on any atom is 0.123 e. The number of aryl methyl sites for hydroxylation is 1. The van der Waals surface area contributed by atoms with Crippen LogP contribution in [0.1, 0.15) is 16.8 Å². The number of aromatic nitrogens is 2. The van der Waals surface area contributed by atoms with Crippen LogP contribution in [0.2, 0.25) is 0 Å². The zero-order valence-electron chi connectivity index (χ0n) is 12.3. The van der Waals surface area contributed by atoms with Crippen LogP contribution in [-0.2, 0) is 13.1 Å². The van der Waals surface area contributed by atoms with Gasteiger partial charge in [0.2, 0.25) is 0 Å². The summed E-state index contributed by atoms with van der Waals surface area (Å²) in [6.07, 6.45) is 0. The zero-order chi connectivity index (χ0) is 14.8. The van der Waals surface area contributed by atoms with Crippen molar-refractivity contribution in [2.75, 3.05) is 7.11 Å². The van der Waals surface area contributed by atoms with Gasteiger partial charge in [-0.2, -0.15) is 5.10 Å². The Bertz CT molecular complexity index is 777. The van der Waals surface area contributed by atoms with Crippen molar-refractivity contribution in [1.29, 1.82) is 0 Å². The van der Waals surface area contributed by atoms with E-state index in [1.807, 2.05) is 22.9 Å². The van der Waals surface area contributed by atoms with E-state index in [0.717, 1.165) is 27.9 Å².